The van der Waals surface area contributed by atoms with Gasteiger partial charge >= 0.3 is 4.87 Å². The van der Waals surface area contributed by atoms with Crippen molar-refractivity contribution in [2.75, 3.05) is 0 Å². The number of aromatic nitrogens is 4. The first-order valence-corrected chi connectivity index (χ1v) is 9.22. The maximum Gasteiger partial charge on any atom is 0.307 e. The molecule has 3 aromatic heterocycles. The number of hydrogen-bond donors (Lipinski definition) is 2. The molecule has 0 saturated heterocycles. The average molecular weight is 382 g/mol. The lowest BCUT2D eigenvalue weighted by Crippen LogP contribution is -2.03. The van der Waals surface area contributed by atoms with Crippen LogP contribution in [0, 0.1) is 6.92 Å². The van der Waals surface area contributed by atoms with Crippen molar-refractivity contribution in [3.05, 3.63) is 68.0 Å². The molecule has 0 aliphatic heterocycles. The van der Waals surface area contributed by atoms with Gasteiger partial charge in [0.1, 0.15) is 23.7 Å². The highest BCUT2D eigenvalue weighted by molar-refractivity contribution is 7.09. The summed E-state index contributed by atoms with van der Waals surface area (Å²) in [4.78, 5) is 23.0. The van der Waals surface area contributed by atoms with Gasteiger partial charge in [0, 0.05) is 19.7 Å². The van der Waals surface area contributed by atoms with Crippen molar-refractivity contribution < 1.29 is 9.84 Å². The molecule has 4 rings (SSSR count). The fourth-order valence-corrected chi connectivity index (χ4v) is 3.64. The number of thiazole rings is 1. The topological polar surface area (TPSA) is 93.0 Å². The molecule has 0 fully saturated rings. The van der Waals surface area contributed by atoms with Gasteiger partial charge in [-0.05, 0) is 36.2 Å². The quantitative estimate of drug-likeness (QED) is 0.554. The average Bonchev–Trinajstić information content (AvgIpc) is 3.14. The van der Waals surface area contributed by atoms with E-state index in [0.29, 0.717) is 17.9 Å². The number of fused-ring (bicyclic) bond motifs is 1. The van der Waals surface area contributed by atoms with Gasteiger partial charge in [-0.2, -0.15) is 0 Å². The van der Waals surface area contributed by atoms with Crippen LogP contribution in [0.25, 0.3) is 11.2 Å². The third-order valence-corrected chi connectivity index (χ3v) is 5.28. The highest BCUT2D eigenvalue weighted by Gasteiger charge is 2.11. The summed E-state index contributed by atoms with van der Waals surface area (Å²) in [6, 6.07) is 9.51. The molecule has 0 unspecified atom stereocenters. The highest BCUT2D eigenvalue weighted by atomic mass is 32.1. The summed E-state index contributed by atoms with van der Waals surface area (Å²) in [6.45, 7) is 2.35. The summed E-state index contributed by atoms with van der Waals surface area (Å²) in [7, 11) is 1.93. The molecule has 4 aromatic rings. The van der Waals surface area contributed by atoms with Gasteiger partial charge in [-0.3, -0.25) is 9.78 Å². The molecular weight excluding hydrogens is 364 g/mol. The summed E-state index contributed by atoms with van der Waals surface area (Å²) in [5.74, 6) is 1.47. The number of aromatic hydroxyl groups is 1. The fourth-order valence-electron chi connectivity index (χ4n) is 2.88. The van der Waals surface area contributed by atoms with Crippen molar-refractivity contribution >= 4 is 22.5 Å². The number of hydrogen-bond acceptors (Lipinski definition) is 6. The van der Waals surface area contributed by atoms with Crippen LogP contribution in [-0.2, 0) is 20.1 Å². The Balaban J connectivity index is 1.46. The minimum absolute atomic E-state index is 0.0592. The van der Waals surface area contributed by atoms with Gasteiger partial charge in [-0.25, -0.2) is 9.97 Å². The van der Waals surface area contributed by atoms with E-state index >= 15 is 0 Å². The second-order valence-electron chi connectivity index (χ2n) is 6.28. The van der Waals surface area contributed by atoms with Gasteiger partial charge in [0.05, 0.1) is 4.88 Å². The van der Waals surface area contributed by atoms with Crippen molar-refractivity contribution in [3.63, 3.8) is 0 Å². The van der Waals surface area contributed by atoms with Gasteiger partial charge in [0.25, 0.3) is 0 Å². The number of nitrogens with one attached hydrogen (secondary N) is 1. The zero-order valence-corrected chi connectivity index (χ0v) is 15.7. The Morgan fingerprint density at radius 2 is 2.04 bits per heavy atom. The van der Waals surface area contributed by atoms with Gasteiger partial charge in [0.15, 0.2) is 5.65 Å². The third kappa shape index (κ3) is 3.43. The summed E-state index contributed by atoms with van der Waals surface area (Å²) in [5.41, 5.74) is 3.80. The minimum atomic E-state index is -0.255. The summed E-state index contributed by atoms with van der Waals surface area (Å²) in [5, 5.41) is 9.68. The van der Waals surface area contributed by atoms with E-state index in [4.69, 9.17) is 4.74 Å². The summed E-state index contributed by atoms with van der Waals surface area (Å²) < 4.78 is 7.80. The first-order valence-electron chi connectivity index (χ1n) is 8.41. The molecule has 0 radical (unpaired) electrons. The molecule has 8 heteroatoms. The number of nitrogens with zero attached hydrogens (tertiary/aromatic N) is 3. The fraction of sp³-hybridized carbons (Fsp3) is 0.211. The standard InChI is InChI=1S/C19H18N4O3S/c1-11-7-8-20-17-16(11)21-15(23(17)2)10-26-13-5-3-12(4-6-13)9-14-18(24)22-19(25)27-14/h3-8,24H,9-10H2,1-2H3,(H,22,25). The summed E-state index contributed by atoms with van der Waals surface area (Å²) >= 11 is 1.02. The molecule has 0 saturated carbocycles. The largest absolute Gasteiger partial charge is 0.494 e. The lowest BCUT2D eigenvalue weighted by atomic mass is 10.1. The molecule has 138 valence electrons. The van der Waals surface area contributed by atoms with Crippen molar-refractivity contribution in [3.8, 4) is 11.6 Å². The number of aromatic amines is 1. The van der Waals surface area contributed by atoms with Crippen molar-refractivity contribution in [2.45, 2.75) is 20.0 Å². The van der Waals surface area contributed by atoms with Crippen LogP contribution in [0.1, 0.15) is 21.8 Å². The lowest BCUT2D eigenvalue weighted by Gasteiger charge is -2.07. The Kier molecular flexibility index (Phi) is 4.41. The van der Waals surface area contributed by atoms with Gasteiger partial charge < -0.3 is 14.4 Å². The molecule has 2 N–H and O–H groups in total. The van der Waals surface area contributed by atoms with E-state index in [9.17, 15) is 9.90 Å². The van der Waals surface area contributed by atoms with E-state index in [2.05, 4.69) is 15.0 Å². The normalized spacial score (nSPS) is 11.2. The molecule has 0 atom stereocenters. The molecule has 7 nitrogen and oxygen atoms in total. The Labute approximate surface area is 158 Å². The maximum atomic E-state index is 11.3. The monoisotopic (exact) mass is 382 g/mol. The Morgan fingerprint density at radius 1 is 1.26 bits per heavy atom. The van der Waals surface area contributed by atoms with Crippen LogP contribution < -0.4 is 9.61 Å². The Hall–Kier alpha value is -3.13. The number of ether oxygens (including phenoxy) is 1. The molecule has 0 bridgehead atoms. The van der Waals surface area contributed by atoms with E-state index < -0.39 is 0 Å². The molecule has 27 heavy (non-hydrogen) atoms. The molecule has 0 aliphatic rings. The molecule has 0 amide bonds. The molecular formula is C19H18N4O3S. The van der Waals surface area contributed by atoms with Crippen LogP contribution in [0.3, 0.4) is 0 Å². The zero-order chi connectivity index (χ0) is 19.0. The molecule has 0 spiro atoms. The van der Waals surface area contributed by atoms with E-state index in [0.717, 1.165) is 45.2 Å². The lowest BCUT2D eigenvalue weighted by molar-refractivity contribution is 0.292. The van der Waals surface area contributed by atoms with Gasteiger partial charge in [-0.15, -0.1) is 0 Å². The van der Waals surface area contributed by atoms with Crippen LogP contribution in [0.4, 0.5) is 0 Å². The van der Waals surface area contributed by atoms with Crippen LogP contribution >= 0.6 is 11.3 Å². The second-order valence-corrected chi connectivity index (χ2v) is 7.35. The second kappa shape index (κ2) is 6.88. The van der Waals surface area contributed by atoms with E-state index in [1.54, 1.807) is 6.20 Å². The van der Waals surface area contributed by atoms with Crippen LogP contribution in [0.15, 0.2) is 41.3 Å². The van der Waals surface area contributed by atoms with Crippen LogP contribution in [-0.4, -0.2) is 24.6 Å². The number of rotatable bonds is 5. The molecule has 0 aliphatic carbocycles. The van der Waals surface area contributed by atoms with E-state index in [1.165, 1.54) is 0 Å². The molecule has 1 aromatic carbocycles. The van der Waals surface area contributed by atoms with E-state index in [1.807, 2.05) is 48.9 Å². The number of pyridine rings is 1. The highest BCUT2D eigenvalue weighted by Crippen LogP contribution is 2.22. The third-order valence-electron chi connectivity index (χ3n) is 4.41. The van der Waals surface area contributed by atoms with Crippen LogP contribution in [0.2, 0.25) is 0 Å². The minimum Gasteiger partial charge on any atom is -0.494 e. The number of H-pyrrole nitrogens is 1. The predicted molar refractivity (Wildman–Crippen MR) is 103 cm³/mol. The smallest absolute Gasteiger partial charge is 0.307 e. The van der Waals surface area contributed by atoms with Crippen molar-refractivity contribution in [2.24, 2.45) is 7.05 Å². The van der Waals surface area contributed by atoms with Crippen LogP contribution in [0.5, 0.6) is 11.6 Å². The van der Waals surface area contributed by atoms with E-state index in [-0.39, 0.29) is 10.8 Å². The number of aryl methyl sites for hydroxylation is 2. The first-order chi connectivity index (χ1) is 13.0. The first kappa shape index (κ1) is 17.3. The number of benzene rings is 1. The predicted octanol–water partition coefficient (Wildman–Crippen LogP) is 2.90. The zero-order valence-electron chi connectivity index (χ0n) is 14.9. The maximum absolute atomic E-state index is 11.3. The Bertz CT molecular complexity index is 1160. The number of imidazole rings is 1. The molecule has 3 heterocycles. The van der Waals surface area contributed by atoms with Crippen molar-refractivity contribution in [1.29, 1.82) is 0 Å². The SMILES string of the molecule is Cc1ccnc2c1nc(COc1ccc(Cc3sc(=O)[nH]c3O)cc1)n2C. The van der Waals surface area contributed by atoms with Crippen molar-refractivity contribution in [1.82, 2.24) is 19.5 Å². The van der Waals surface area contributed by atoms with Gasteiger partial charge in [-0.1, -0.05) is 23.5 Å². The summed E-state index contributed by atoms with van der Waals surface area (Å²) in [6.07, 6.45) is 2.27. The van der Waals surface area contributed by atoms with Gasteiger partial charge in [0.2, 0.25) is 5.88 Å². The Morgan fingerprint density at radius 3 is 2.70 bits per heavy atom.